The Morgan fingerprint density at radius 3 is 2.75 bits per heavy atom. The summed E-state index contributed by atoms with van der Waals surface area (Å²) in [5, 5.41) is 0.805. The van der Waals surface area contributed by atoms with Gasteiger partial charge in [-0.25, -0.2) is 4.99 Å². The summed E-state index contributed by atoms with van der Waals surface area (Å²) in [5.74, 6) is 0.0147. The van der Waals surface area contributed by atoms with Gasteiger partial charge in [0, 0.05) is 22.2 Å². The Morgan fingerprint density at radius 2 is 1.93 bits per heavy atom. The predicted octanol–water partition coefficient (Wildman–Crippen LogP) is 6.47. The summed E-state index contributed by atoms with van der Waals surface area (Å²) >= 11 is 8.93. The van der Waals surface area contributed by atoms with Gasteiger partial charge in [-0.15, -0.1) is 11.3 Å². The van der Waals surface area contributed by atoms with E-state index in [-0.39, 0.29) is 5.78 Å². The van der Waals surface area contributed by atoms with E-state index in [1.54, 1.807) is 0 Å². The molecule has 0 unspecified atom stereocenters. The van der Waals surface area contributed by atoms with Crippen molar-refractivity contribution in [2.75, 3.05) is 0 Å². The Kier molecular flexibility index (Phi) is 6.05. The van der Waals surface area contributed by atoms with Crippen LogP contribution in [0.25, 0.3) is 0 Å². The van der Waals surface area contributed by atoms with Crippen LogP contribution >= 0.6 is 34.7 Å². The lowest BCUT2D eigenvalue weighted by Gasteiger charge is -2.17. The molecule has 2 heterocycles. The van der Waals surface area contributed by atoms with Gasteiger partial charge in [0.2, 0.25) is 5.78 Å². The van der Waals surface area contributed by atoms with Gasteiger partial charge < -0.3 is 0 Å². The van der Waals surface area contributed by atoms with E-state index >= 15 is 0 Å². The highest BCUT2D eigenvalue weighted by Gasteiger charge is 2.25. The second-order valence-electron chi connectivity index (χ2n) is 6.22. The lowest BCUT2D eigenvalue weighted by atomic mass is 9.94. The number of halogens is 1. The van der Waals surface area contributed by atoms with E-state index in [4.69, 9.17) is 16.6 Å². The van der Waals surface area contributed by atoms with Gasteiger partial charge in [-0.2, -0.15) is 0 Å². The van der Waals surface area contributed by atoms with Crippen molar-refractivity contribution in [2.45, 2.75) is 19.4 Å². The molecule has 1 aromatic carbocycles. The highest BCUT2D eigenvalue weighted by Crippen LogP contribution is 2.31. The van der Waals surface area contributed by atoms with Gasteiger partial charge in [0.1, 0.15) is 5.04 Å². The van der Waals surface area contributed by atoms with Crippen molar-refractivity contribution in [1.82, 2.24) is 0 Å². The molecule has 0 fully saturated rings. The van der Waals surface area contributed by atoms with Gasteiger partial charge in [-0.05, 0) is 37.1 Å². The average Bonchev–Trinajstić information content (AvgIpc) is 3.10. The number of hydrogen-bond acceptors (Lipinski definition) is 5. The highest BCUT2D eigenvalue weighted by molar-refractivity contribution is 8.18. The van der Waals surface area contributed by atoms with E-state index in [1.165, 1.54) is 23.1 Å². The fraction of sp³-hybridized carbons (Fsp3) is 0.136. The van der Waals surface area contributed by atoms with Gasteiger partial charge in [0.25, 0.3) is 0 Å². The van der Waals surface area contributed by atoms with Crippen molar-refractivity contribution in [3.63, 3.8) is 0 Å². The Labute approximate surface area is 177 Å². The second-order valence-corrected chi connectivity index (χ2v) is 9.09. The number of allylic oxidation sites excluding steroid dienone is 4. The van der Waals surface area contributed by atoms with Crippen LogP contribution in [0.3, 0.4) is 0 Å². The van der Waals surface area contributed by atoms with Gasteiger partial charge in [-0.1, -0.05) is 59.8 Å². The minimum Gasteiger partial charge on any atom is -0.288 e. The third-order valence-corrected chi connectivity index (χ3v) is 6.45. The minimum absolute atomic E-state index is 0.0147. The van der Waals surface area contributed by atoms with Crippen LogP contribution in [0, 0.1) is 0 Å². The second kappa shape index (κ2) is 8.86. The lowest BCUT2D eigenvalue weighted by molar-refractivity contribution is 0.104. The smallest absolute Gasteiger partial charge is 0.200 e. The van der Waals surface area contributed by atoms with Gasteiger partial charge >= 0.3 is 0 Å². The lowest BCUT2D eigenvalue weighted by Crippen LogP contribution is -2.17. The number of fused-ring (bicyclic) bond motifs is 1. The summed E-state index contributed by atoms with van der Waals surface area (Å²) in [6, 6.07) is 11.5. The first kappa shape index (κ1) is 19.1. The van der Waals surface area contributed by atoms with Crippen molar-refractivity contribution in [3.05, 3.63) is 92.1 Å². The molecular formula is C22H17ClN2OS2. The number of aliphatic imine (C=N–C) groups is 2. The topological polar surface area (TPSA) is 41.8 Å². The van der Waals surface area contributed by atoms with Crippen LogP contribution in [0.4, 0.5) is 0 Å². The summed E-state index contributed by atoms with van der Waals surface area (Å²) in [5.41, 5.74) is 2.36. The van der Waals surface area contributed by atoms with Gasteiger partial charge in [0.15, 0.2) is 0 Å². The number of Topliss-reactive ketones (excluding diaryl/α,β-unsaturated/α-hetero) is 1. The quantitative estimate of drug-likeness (QED) is 0.566. The third kappa shape index (κ3) is 4.43. The van der Waals surface area contributed by atoms with Crippen LogP contribution in [0.2, 0.25) is 4.34 Å². The molecule has 2 aromatic rings. The molecule has 0 atom stereocenters. The SMILES string of the molecule is O=C1C(SC2=N/C=C/CCC=C2)=CC(=NCc2ccc(Cl)s2)c2ccccc21. The number of thioether (sulfide) groups is 1. The standard InChI is InChI=1S/C22H17ClN2OS2/c23-20-11-10-15(27-20)14-25-18-13-19(22(26)17-8-5-4-7-16(17)18)28-21-9-3-1-2-6-12-24-21/h3-13H,1-2,14H2/b9-3?,12-6+,24-21?,25-18?. The minimum atomic E-state index is 0.0147. The highest BCUT2D eigenvalue weighted by atomic mass is 35.5. The molecule has 1 aromatic heterocycles. The molecule has 0 radical (unpaired) electrons. The first-order chi connectivity index (χ1) is 13.7. The zero-order valence-corrected chi connectivity index (χ0v) is 17.4. The summed E-state index contributed by atoms with van der Waals surface area (Å²) in [4.78, 5) is 24.0. The first-order valence-electron chi connectivity index (χ1n) is 8.92. The molecule has 1 aliphatic carbocycles. The molecule has 2 aliphatic rings. The molecule has 0 bridgehead atoms. The predicted molar refractivity (Wildman–Crippen MR) is 121 cm³/mol. The maximum atomic E-state index is 13.0. The van der Waals surface area contributed by atoms with Gasteiger partial charge in [-0.3, -0.25) is 9.79 Å². The van der Waals surface area contributed by atoms with E-state index in [0.717, 1.165) is 38.4 Å². The van der Waals surface area contributed by atoms with Crippen molar-refractivity contribution >= 4 is 51.2 Å². The van der Waals surface area contributed by atoms with Crippen LogP contribution in [0.1, 0.15) is 33.6 Å². The maximum absolute atomic E-state index is 13.0. The molecule has 0 spiro atoms. The average molecular weight is 425 g/mol. The maximum Gasteiger partial charge on any atom is 0.200 e. The Balaban J connectivity index is 1.67. The fourth-order valence-electron chi connectivity index (χ4n) is 2.90. The molecule has 1 aliphatic heterocycles. The number of thiophene rings is 1. The number of carbonyl (C=O) groups is 1. The molecular weight excluding hydrogens is 408 g/mol. The van der Waals surface area contributed by atoms with Crippen molar-refractivity contribution in [1.29, 1.82) is 0 Å². The third-order valence-electron chi connectivity index (χ3n) is 4.26. The van der Waals surface area contributed by atoms with Crippen LogP contribution in [0.5, 0.6) is 0 Å². The summed E-state index contributed by atoms with van der Waals surface area (Å²) < 4.78 is 0.753. The molecule has 28 heavy (non-hydrogen) atoms. The molecule has 0 saturated heterocycles. The number of hydrogen-bond donors (Lipinski definition) is 0. The zero-order chi connectivity index (χ0) is 19.3. The largest absolute Gasteiger partial charge is 0.288 e. The number of ketones is 1. The molecule has 4 rings (SSSR count). The number of carbonyl (C=O) groups excluding carboxylic acids is 1. The Hall–Kier alpha value is -2.21. The number of rotatable bonds is 3. The van der Waals surface area contributed by atoms with E-state index < -0.39 is 0 Å². The summed E-state index contributed by atoms with van der Waals surface area (Å²) in [7, 11) is 0. The monoisotopic (exact) mass is 424 g/mol. The van der Waals surface area contributed by atoms with E-state index in [2.05, 4.69) is 11.1 Å². The number of benzene rings is 1. The number of nitrogens with zero attached hydrogens (tertiary/aromatic N) is 2. The van der Waals surface area contributed by atoms with Crippen molar-refractivity contribution < 1.29 is 4.79 Å². The normalized spacial score (nSPS) is 18.9. The van der Waals surface area contributed by atoms with Crippen LogP contribution in [-0.2, 0) is 6.54 Å². The fourth-order valence-corrected chi connectivity index (χ4v) is 4.79. The van der Waals surface area contributed by atoms with Gasteiger partial charge in [0.05, 0.1) is 21.5 Å². The molecule has 6 heteroatoms. The van der Waals surface area contributed by atoms with E-state index in [1.807, 2.05) is 60.8 Å². The molecule has 140 valence electrons. The summed E-state index contributed by atoms with van der Waals surface area (Å²) in [6.07, 6.45) is 11.8. The molecule has 0 N–H and O–H groups in total. The molecule has 0 saturated carbocycles. The van der Waals surface area contributed by atoms with Crippen LogP contribution in [-0.4, -0.2) is 16.5 Å². The molecule has 0 amide bonds. The van der Waals surface area contributed by atoms with E-state index in [0.29, 0.717) is 17.0 Å². The molecule has 3 nitrogen and oxygen atoms in total. The van der Waals surface area contributed by atoms with Crippen molar-refractivity contribution in [3.8, 4) is 0 Å². The van der Waals surface area contributed by atoms with Crippen LogP contribution < -0.4 is 0 Å². The Bertz CT molecular complexity index is 1060. The Morgan fingerprint density at radius 1 is 1.11 bits per heavy atom. The first-order valence-corrected chi connectivity index (χ1v) is 10.9. The van der Waals surface area contributed by atoms with Crippen molar-refractivity contribution in [2.24, 2.45) is 9.98 Å². The van der Waals surface area contributed by atoms with E-state index in [9.17, 15) is 4.79 Å². The zero-order valence-electron chi connectivity index (χ0n) is 15.0. The van der Waals surface area contributed by atoms with Crippen LogP contribution in [0.15, 0.2) is 81.8 Å². The summed E-state index contributed by atoms with van der Waals surface area (Å²) in [6.45, 7) is 0.535.